The van der Waals surface area contributed by atoms with Gasteiger partial charge in [-0.25, -0.2) is 13.4 Å². The summed E-state index contributed by atoms with van der Waals surface area (Å²) < 4.78 is 24.3. The molecule has 0 saturated heterocycles. The van der Waals surface area contributed by atoms with Gasteiger partial charge in [-0.15, -0.1) is 11.3 Å². The second kappa shape index (κ2) is 5.46. The molecule has 0 unspecified atom stereocenters. The average molecular weight is 275 g/mol. The van der Waals surface area contributed by atoms with Gasteiger partial charge in [0.25, 0.3) is 0 Å². The lowest BCUT2D eigenvalue weighted by atomic mass is 10.0. The van der Waals surface area contributed by atoms with Crippen LogP contribution < -0.4 is 0 Å². The van der Waals surface area contributed by atoms with E-state index in [9.17, 15) is 8.42 Å². The van der Waals surface area contributed by atoms with Crippen molar-refractivity contribution in [2.45, 2.75) is 49.7 Å². The third-order valence-corrected chi connectivity index (χ3v) is 6.47. The number of sulfone groups is 1. The Balaban J connectivity index is 2.05. The number of rotatable bonds is 4. The quantitative estimate of drug-likeness (QED) is 0.911. The molecule has 0 aromatic carbocycles. The number of aromatic nitrogens is 1. The van der Waals surface area contributed by atoms with Gasteiger partial charge in [0.1, 0.15) is 10.8 Å². The van der Waals surface area contributed by atoms with Crippen LogP contribution in [0.2, 0.25) is 0 Å². The first kappa shape index (κ1) is 13.0. The highest BCUT2D eigenvalue weighted by molar-refractivity contribution is 7.91. The first-order valence-corrected chi connectivity index (χ1v) is 8.41. The molecule has 1 fully saturated rings. The zero-order valence-electron chi connectivity index (χ0n) is 9.63. The van der Waals surface area contributed by atoms with Crippen molar-refractivity contribution in [2.75, 3.05) is 0 Å². The van der Waals surface area contributed by atoms with Crippen LogP contribution in [0.25, 0.3) is 0 Å². The maximum absolute atomic E-state index is 12.2. The second-order valence-electron chi connectivity index (χ2n) is 4.45. The molecular formula is C11H17NO3S2. The molecule has 1 heterocycles. The van der Waals surface area contributed by atoms with E-state index in [1.54, 1.807) is 6.20 Å². The minimum Gasteiger partial charge on any atom is -0.391 e. The predicted molar refractivity (Wildman–Crippen MR) is 67.5 cm³/mol. The Bertz CT molecular complexity index is 461. The van der Waals surface area contributed by atoms with Crippen LogP contribution in [0, 0.1) is 0 Å². The molecule has 96 valence electrons. The van der Waals surface area contributed by atoms with Gasteiger partial charge in [-0.2, -0.15) is 0 Å². The summed E-state index contributed by atoms with van der Waals surface area (Å²) in [6.07, 6.45) is 6.32. The molecule has 4 nitrogen and oxygen atoms in total. The molecule has 1 N–H and O–H groups in total. The van der Waals surface area contributed by atoms with Crippen LogP contribution in [0.3, 0.4) is 0 Å². The molecule has 0 bridgehead atoms. The first-order valence-electron chi connectivity index (χ1n) is 5.88. The van der Waals surface area contributed by atoms with E-state index in [0.717, 1.165) is 37.0 Å². The molecule has 1 aliphatic rings. The standard InChI is InChI=1S/C11H17NO3S2/c13-7-9-6-12-11(16-9)8-17(14,15)10-4-2-1-3-5-10/h6,10,13H,1-5,7-8H2. The Kier molecular flexibility index (Phi) is 4.17. The summed E-state index contributed by atoms with van der Waals surface area (Å²) in [5.41, 5.74) is 0. The van der Waals surface area contributed by atoms with E-state index < -0.39 is 9.84 Å². The molecule has 0 atom stereocenters. The molecule has 1 aromatic heterocycles. The van der Waals surface area contributed by atoms with E-state index in [1.165, 1.54) is 11.3 Å². The molecule has 6 heteroatoms. The van der Waals surface area contributed by atoms with Crippen LogP contribution in [0.4, 0.5) is 0 Å². The molecule has 0 radical (unpaired) electrons. The normalized spacial score (nSPS) is 18.4. The fourth-order valence-electron chi connectivity index (χ4n) is 2.20. The van der Waals surface area contributed by atoms with Gasteiger partial charge in [-0.3, -0.25) is 0 Å². The molecule has 1 aliphatic carbocycles. The lowest BCUT2D eigenvalue weighted by molar-refractivity contribution is 0.285. The van der Waals surface area contributed by atoms with Crippen molar-refractivity contribution in [3.05, 3.63) is 16.1 Å². The molecule has 1 aromatic rings. The summed E-state index contributed by atoms with van der Waals surface area (Å²) in [6, 6.07) is 0. The van der Waals surface area contributed by atoms with Crippen molar-refractivity contribution < 1.29 is 13.5 Å². The minimum atomic E-state index is -3.06. The molecule has 1 saturated carbocycles. The Morgan fingerprint density at radius 1 is 1.35 bits per heavy atom. The van der Waals surface area contributed by atoms with Crippen molar-refractivity contribution in [1.82, 2.24) is 4.98 Å². The summed E-state index contributed by atoms with van der Waals surface area (Å²) in [5.74, 6) is 0.0301. The molecule has 0 amide bonds. The van der Waals surface area contributed by atoms with E-state index in [2.05, 4.69) is 4.98 Å². The van der Waals surface area contributed by atoms with Gasteiger partial charge in [-0.05, 0) is 12.8 Å². The van der Waals surface area contributed by atoms with Crippen molar-refractivity contribution in [2.24, 2.45) is 0 Å². The SMILES string of the molecule is O=S(=O)(Cc1ncc(CO)s1)C1CCCCC1. The smallest absolute Gasteiger partial charge is 0.159 e. The summed E-state index contributed by atoms with van der Waals surface area (Å²) >= 11 is 1.28. The highest BCUT2D eigenvalue weighted by atomic mass is 32.2. The Hall–Kier alpha value is -0.460. The monoisotopic (exact) mass is 275 g/mol. The van der Waals surface area contributed by atoms with Crippen LogP contribution in [-0.4, -0.2) is 23.8 Å². The lowest BCUT2D eigenvalue weighted by Gasteiger charge is -2.21. The van der Waals surface area contributed by atoms with E-state index in [0.29, 0.717) is 5.01 Å². The van der Waals surface area contributed by atoms with Crippen LogP contribution in [0.15, 0.2) is 6.20 Å². The Labute approximate surface area is 106 Å². The van der Waals surface area contributed by atoms with Gasteiger partial charge in [0.2, 0.25) is 0 Å². The molecule has 2 rings (SSSR count). The second-order valence-corrected chi connectivity index (χ2v) is 7.93. The third-order valence-electron chi connectivity index (χ3n) is 3.14. The summed E-state index contributed by atoms with van der Waals surface area (Å²) in [6.45, 7) is -0.0683. The highest BCUT2D eigenvalue weighted by Crippen LogP contribution is 2.27. The zero-order chi connectivity index (χ0) is 12.3. The number of hydrogen-bond acceptors (Lipinski definition) is 5. The maximum atomic E-state index is 12.2. The van der Waals surface area contributed by atoms with Crippen LogP contribution in [0.5, 0.6) is 0 Å². The molecule has 0 aliphatic heterocycles. The highest BCUT2D eigenvalue weighted by Gasteiger charge is 2.28. The third kappa shape index (κ3) is 3.26. The van der Waals surface area contributed by atoms with Gasteiger partial charge in [0, 0.05) is 6.20 Å². The lowest BCUT2D eigenvalue weighted by Crippen LogP contribution is -2.25. The van der Waals surface area contributed by atoms with Crippen LogP contribution in [-0.2, 0) is 22.2 Å². The number of nitrogens with zero attached hydrogens (tertiary/aromatic N) is 1. The topological polar surface area (TPSA) is 67.3 Å². The van der Waals surface area contributed by atoms with E-state index in [4.69, 9.17) is 5.11 Å². The number of aliphatic hydroxyl groups excluding tert-OH is 1. The Morgan fingerprint density at radius 3 is 2.65 bits per heavy atom. The predicted octanol–water partition coefficient (Wildman–Crippen LogP) is 1.88. The van der Waals surface area contributed by atoms with E-state index >= 15 is 0 Å². The largest absolute Gasteiger partial charge is 0.391 e. The number of aliphatic hydroxyl groups is 1. The Morgan fingerprint density at radius 2 is 2.06 bits per heavy atom. The molecule has 0 spiro atoms. The minimum absolute atomic E-state index is 0.0301. The fraction of sp³-hybridized carbons (Fsp3) is 0.727. The van der Waals surface area contributed by atoms with E-state index in [1.807, 2.05) is 0 Å². The van der Waals surface area contributed by atoms with Gasteiger partial charge >= 0.3 is 0 Å². The van der Waals surface area contributed by atoms with Crippen molar-refractivity contribution in [3.8, 4) is 0 Å². The molecular weight excluding hydrogens is 258 g/mol. The van der Waals surface area contributed by atoms with Crippen molar-refractivity contribution in [1.29, 1.82) is 0 Å². The summed E-state index contributed by atoms with van der Waals surface area (Å²) in [4.78, 5) is 4.77. The summed E-state index contributed by atoms with van der Waals surface area (Å²) in [7, 11) is -3.06. The van der Waals surface area contributed by atoms with Crippen LogP contribution >= 0.6 is 11.3 Å². The number of thiazole rings is 1. The van der Waals surface area contributed by atoms with E-state index in [-0.39, 0.29) is 17.6 Å². The average Bonchev–Trinajstić information content (AvgIpc) is 2.77. The summed E-state index contributed by atoms with van der Waals surface area (Å²) in [5, 5.41) is 9.33. The molecule has 17 heavy (non-hydrogen) atoms. The van der Waals surface area contributed by atoms with Crippen molar-refractivity contribution >= 4 is 21.2 Å². The first-order chi connectivity index (χ1) is 8.12. The fourth-order valence-corrected chi connectivity index (χ4v) is 5.21. The van der Waals surface area contributed by atoms with Gasteiger partial charge in [-0.1, -0.05) is 19.3 Å². The number of hydrogen-bond donors (Lipinski definition) is 1. The van der Waals surface area contributed by atoms with Crippen molar-refractivity contribution in [3.63, 3.8) is 0 Å². The van der Waals surface area contributed by atoms with Gasteiger partial charge in [0.05, 0.1) is 16.7 Å². The van der Waals surface area contributed by atoms with Gasteiger partial charge in [0.15, 0.2) is 9.84 Å². The van der Waals surface area contributed by atoms with Gasteiger partial charge < -0.3 is 5.11 Å². The van der Waals surface area contributed by atoms with Crippen LogP contribution in [0.1, 0.15) is 42.0 Å². The maximum Gasteiger partial charge on any atom is 0.159 e. The zero-order valence-corrected chi connectivity index (χ0v) is 11.3.